The lowest BCUT2D eigenvalue weighted by Gasteiger charge is -2.34. The van der Waals surface area contributed by atoms with Crippen molar-refractivity contribution in [3.05, 3.63) is 161 Å². The van der Waals surface area contributed by atoms with Crippen LogP contribution in [0.1, 0.15) is 138 Å². The average molecular weight is 1110 g/mol. The van der Waals surface area contributed by atoms with Gasteiger partial charge in [0.05, 0.1) is 36.6 Å². The van der Waals surface area contributed by atoms with Gasteiger partial charge in [0.2, 0.25) is 0 Å². The van der Waals surface area contributed by atoms with E-state index in [4.69, 9.17) is 14.7 Å². The summed E-state index contributed by atoms with van der Waals surface area (Å²) in [6.45, 7) is 11.1. The van der Waals surface area contributed by atoms with E-state index in [2.05, 4.69) is 72.8 Å². The number of hydrogen-bond acceptors (Lipinski definition) is 14. The molecule has 3 saturated heterocycles. The van der Waals surface area contributed by atoms with Gasteiger partial charge in [0.25, 0.3) is 23.6 Å². The fraction of sp³-hybridized carbons (Fsp3) is 0.475. The Bertz CT molecular complexity index is 3020. The highest BCUT2D eigenvalue weighted by Crippen LogP contribution is 2.37. The highest BCUT2D eigenvalue weighted by atomic mass is 32.1. The number of thiazole rings is 2. The highest BCUT2D eigenvalue weighted by Gasteiger charge is 2.44. The molecule has 3 unspecified atom stereocenters. The molecule has 4 amide bonds. The molecule has 3 fully saturated rings. The topological polar surface area (TPSA) is 210 Å². The minimum atomic E-state index is -1.98. The van der Waals surface area contributed by atoms with Crippen LogP contribution in [0, 0.1) is 13.8 Å². The second-order valence-electron chi connectivity index (χ2n) is 21.7. The number of hydrogen-bond donors (Lipinski definition) is 6. The van der Waals surface area contributed by atoms with Gasteiger partial charge < -0.3 is 45.8 Å². The van der Waals surface area contributed by atoms with E-state index < -0.39 is 60.3 Å². The zero-order chi connectivity index (χ0) is 55.7. The summed E-state index contributed by atoms with van der Waals surface area (Å²) in [6.07, 6.45) is 1.90. The van der Waals surface area contributed by atoms with Gasteiger partial charge in [0, 0.05) is 56.3 Å². The lowest BCUT2D eigenvalue weighted by Crippen LogP contribution is -2.54. The number of aryl methyl sites for hydroxylation is 2. The van der Waals surface area contributed by atoms with Crippen LogP contribution in [0.3, 0.4) is 0 Å². The van der Waals surface area contributed by atoms with Crippen LogP contribution in [-0.4, -0.2) is 121 Å². The van der Waals surface area contributed by atoms with Crippen molar-refractivity contribution in [2.24, 2.45) is 0 Å². The quantitative estimate of drug-likeness (QED) is 0.0408. The van der Waals surface area contributed by atoms with E-state index >= 15 is 0 Å². The standard InChI is InChI=1S/C61H76N8O8S2/c1-37-13-6-14-38(2)47(37)29-45-35-78-51(65-45)32-63-58(73)54(70)55(71)60(75)68-25-10-21-49(68)44-20-9-18-42(28-44)34-67-24-12-23-53(67)77-57(61(76)69-26-11-22-50(69)43-19-8-17-41(27-43)31-62-5)56(72)59(74)64-33-52-66-46(36-79-52)30-48-39(3)15-7-16-40(48)4/h7-9,13,15-20,27-28,35-36,49-50,53-57,62,70-72H,6,10-12,14,21-26,29-34H2,1-5H3,(H,63,73)(H,64,74)/t49?,50?,53?,54-,55-,56-,57-/m1/s1. The van der Waals surface area contributed by atoms with Gasteiger partial charge in [0.15, 0.2) is 24.4 Å². The van der Waals surface area contributed by atoms with Crippen molar-refractivity contribution >= 4 is 46.3 Å². The van der Waals surface area contributed by atoms with Crippen LogP contribution in [0.25, 0.3) is 0 Å². The number of amides is 4. The van der Waals surface area contributed by atoms with E-state index in [9.17, 15) is 34.5 Å². The molecule has 3 aromatic carbocycles. The fourth-order valence-electron chi connectivity index (χ4n) is 11.8. The van der Waals surface area contributed by atoms with E-state index in [-0.39, 0.29) is 19.1 Å². The number of nitrogens with zero attached hydrogens (tertiary/aromatic N) is 5. The third kappa shape index (κ3) is 14.0. The van der Waals surface area contributed by atoms with Gasteiger partial charge in [-0.05, 0) is 131 Å². The van der Waals surface area contributed by atoms with Crippen LogP contribution in [0.5, 0.6) is 0 Å². The summed E-state index contributed by atoms with van der Waals surface area (Å²) in [5, 5.41) is 48.2. The molecule has 4 aliphatic rings. The summed E-state index contributed by atoms with van der Waals surface area (Å²) < 4.78 is 6.73. The first-order valence-electron chi connectivity index (χ1n) is 27.9. The number of ether oxygens (including phenoxy) is 1. The number of benzene rings is 3. The number of aliphatic hydroxyl groups is 3. The Balaban J connectivity index is 0.847. The van der Waals surface area contributed by atoms with Gasteiger partial charge in [-0.15, -0.1) is 22.7 Å². The third-order valence-electron chi connectivity index (χ3n) is 16.1. The SMILES string of the molecule is CNCc1cccc(C2CCCN2C(=O)[C@H](OC2CCCN2Cc2cccc(C3CCCN3C(=O)[C@H](O)[C@@H](O)C(=O)NCc3nc(CC4=C(C)CCC=C4C)cs3)c2)[C@@H](O)C(=O)NCc2nc(Cc3c(C)cccc3C)cs2)c1. The molecular weight excluding hydrogens is 1040 g/mol. The molecule has 9 rings (SSSR count). The number of nitrogens with one attached hydrogen (secondary N) is 3. The molecule has 0 saturated carbocycles. The van der Waals surface area contributed by atoms with Crippen LogP contribution >= 0.6 is 22.7 Å². The summed E-state index contributed by atoms with van der Waals surface area (Å²) in [7, 11) is 1.89. The first-order valence-corrected chi connectivity index (χ1v) is 29.6. The molecular formula is C61H76N8O8S2. The summed E-state index contributed by atoms with van der Waals surface area (Å²) in [5.74, 6) is -2.76. The number of carbonyl (C=O) groups is 4. The van der Waals surface area contributed by atoms with Crippen molar-refractivity contribution in [2.75, 3.05) is 26.7 Å². The Labute approximate surface area is 472 Å². The number of likely N-dealkylation sites (tertiary alicyclic amines) is 3. The molecule has 5 aromatic rings. The van der Waals surface area contributed by atoms with Gasteiger partial charge in [0.1, 0.15) is 16.2 Å². The van der Waals surface area contributed by atoms with E-state index in [1.165, 1.54) is 56.1 Å². The zero-order valence-corrected chi connectivity index (χ0v) is 47.7. The maximum atomic E-state index is 14.9. The number of allylic oxidation sites excluding steroid dienone is 4. The zero-order valence-electron chi connectivity index (χ0n) is 46.1. The highest BCUT2D eigenvalue weighted by molar-refractivity contribution is 7.09. The van der Waals surface area contributed by atoms with E-state index in [0.29, 0.717) is 74.8 Å². The molecule has 7 atom stereocenters. The molecule has 0 spiro atoms. The van der Waals surface area contributed by atoms with E-state index in [0.717, 1.165) is 65.7 Å². The molecule has 18 heteroatoms. The van der Waals surface area contributed by atoms with Gasteiger partial charge in [-0.25, -0.2) is 9.97 Å². The Morgan fingerprint density at radius 3 is 1.89 bits per heavy atom. The van der Waals surface area contributed by atoms with Gasteiger partial charge in [-0.3, -0.25) is 24.1 Å². The minimum absolute atomic E-state index is 0.0545. The van der Waals surface area contributed by atoms with Crippen LogP contribution in [0.15, 0.2) is 100 Å². The van der Waals surface area contributed by atoms with Gasteiger partial charge in [-0.2, -0.15) is 0 Å². The predicted molar refractivity (Wildman–Crippen MR) is 305 cm³/mol. The first kappa shape index (κ1) is 57.7. The second-order valence-corrected chi connectivity index (χ2v) is 23.6. The second kappa shape index (κ2) is 26.5. The van der Waals surface area contributed by atoms with Gasteiger partial charge >= 0.3 is 0 Å². The van der Waals surface area contributed by atoms with Crippen molar-refractivity contribution < 1.29 is 39.2 Å². The molecule has 3 aliphatic heterocycles. The van der Waals surface area contributed by atoms with Crippen molar-refractivity contribution in [1.82, 2.24) is 40.6 Å². The third-order valence-corrected chi connectivity index (χ3v) is 17.9. The summed E-state index contributed by atoms with van der Waals surface area (Å²) in [5.41, 5.74) is 13.1. The predicted octanol–water partition coefficient (Wildman–Crippen LogP) is 7.18. The molecule has 79 heavy (non-hydrogen) atoms. The van der Waals surface area contributed by atoms with E-state index in [1.807, 2.05) is 66.3 Å². The smallest absolute Gasteiger partial charge is 0.255 e. The van der Waals surface area contributed by atoms with Crippen molar-refractivity contribution in [2.45, 2.75) is 161 Å². The number of carbonyl (C=O) groups excluding carboxylic acids is 4. The fourth-order valence-corrected chi connectivity index (χ4v) is 13.2. The number of rotatable bonds is 22. The first-order chi connectivity index (χ1) is 38.1. The lowest BCUT2D eigenvalue weighted by molar-refractivity contribution is -0.174. The normalized spacial score (nSPS) is 20.3. The molecule has 420 valence electrons. The summed E-state index contributed by atoms with van der Waals surface area (Å²) in [4.78, 5) is 71.0. The maximum Gasteiger partial charge on any atom is 0.255 e. The molecule has 16 nitrogen and oxygen atoms in total. The van der Waals surface area contributed by atoms with Crippen LogP contribution in [-0.2, 0) is 62.9 Å². The Morgan fingerprint density at radius 1 is 0.684 bits per heavy atom. The Hall–Kier alpha value is -5.96. The molecule has 2 aromatic heterocycles. The summed E-state index contributed by atoms with van der Waals surface area (Å²) >= 11 is 2.84. The van der Waals surface area contributed by atoms with E-state index in [1.54, 1.807) is 9.80 Å². The van der Waals surface area contributed by atoms with Crippen LogP contribution < -0.4 is 16.0 Å². The molecule has 6 N–H and O–H groups in total. The Kier molecular flexibility index (Phi) is 19.4. The Morgan fingerprint density at radius 2 is 1.25 bits per heavy atom. The average Bonchev–Trinajstić information content (AvgIpc) is 4.36. The van der Waals surface area contributed by atoms with Gasteiger partial charge in [-0.1, -0.05) is 84.0 Å². The van der Waals surface area contributed by atoms with Crippen molar-refractivity contribution in [3.8, 4) is 0 Å². The molecule has 5 heterocycles. The molecule has 0 radical (unpaired) electrons. The van der Waals surface area contributed by atoms with Crippen LogP contribution in [0.2, 0.25) is 0 Å². The lowest BCUT2D eigenvalue weighted by atomic mass is 9.90. The number of aliphatic hydroxyl groups excluding tert-OH is 3. The number of aromatic nitrogens is 2. The van der Waals surface area contributed by atoms with Crippen LogP contribution in [0.4, 0.5) is 0 Å². The van der Waals surface area contributed by atoms with Crippen molar-refractivity contribution in [3.63, 3.8) is 0 Å². The molecule has 1 aliphatic carbocycles. The minimum Gasteiger partial charge on any atom is -0.380 e. The summed E-state index contributed by atoms with van der Waals surface area (Å²) in [6, 6.07) is 21.5. The molecule has 0 bridgehead atoms. The monoisotopic (exact) mass is 1110 g/mol. The van der Waals surface area contributed by atoms with Crippen molar-refractivity contribution in [1.29, 1.82) is 0 Å². The largest absolute Gasteiger partial charge is 0.380 e. The maximum absolute atomic E-state index is 14.9.